The molecule has 0 aliphatic heterocycles. The lowest BCUT2D eigenvalue weighted by Gasteiger charge is -2.29. The van der Waals surface area contributed by atoms with Gasteiger partial charge in [-0.15, -0.1) is 0 Å². The van der Waals surface area contributed by atoms with Gasteiger partial charge in [0.15, 0.2) is 0 Å². The maximum absolute atomic E-state index is 12.1. The zero-order valence-corrected chi connectivity index (χ0v) is 15.1. The van der Waals surface area contributed by atoms with Gasteiger partial charge in [0, 0.05) is 43.3 Å². The van der Waals surface area contributed by atoms with Gasteiger partial charge in [-0.2, -0.15) is 5.10 Å². The monoisotopic (exact) mass is 337 g/mol. The second-order valence-electron chi connectivity index (χ2n) is 7.88. The van der Waals surface area contributed by atoms with E-state index in [1.165, 1.54) is 22.6 Å². The zero-order chi connectivity index (χ0) is 17.8. The Kier molecular flexibility index (Phi) is 3.45. The molecule has 0 atom stereocenters. The van der Waals surface area contributed by atoms with Crippen LogP contribution in [0.25, 0.3) is 16.9 Å². The summed E-state index contributed by atoms with van der Waals surface area (Å²) in [5, 5.41) is 7.81. The minimum atomic E-state index is -0.0929. The van der Waals surface area contributed by atoms with Crippen LogP contribution in [-0.2, 0) is 12.8 Å². The lowest BCUT2D eigenvalue weighted by molar-refractivity contribution is 0.0822. The van der Waals surface area contributed by atoms with Gasteiger partial charge in [-0.3, -0.25) is 9.89 Å². The van der Waals surface area contributed by atoms with E-state index < -0.39 is 0 Å². The van der Waals surface area contributed by atoms with E-state index >= 15 is 0 Å². The average Bonchev–Trinajstić information content (AvgIpc) is 3.15. The minimum absolute atomic E-state index is 0.0929. The second-order valence-corrected chi connectivity index (χ2v) is 7.88. The summed E-state index contributed by atoms with van der Waals surface area (Å²) in [7, 11) is 3.46. The van der Waals surface area contributed by atoms with Crippen LogP contribution in [-0.4, -0.2) is 44.5 Å². The topological polar surface area (TPSA) is 66.3 Å². The van der Waals surface area contributed by atoms with Crippen LogP contribution in [0.5, 0.6) is 0 Å². The van der Waals surface area contributed by atoms with Crippen molar-refractivity contribution in [1.29, 1.82) is 0 Å². The Bertz CT molecular complexity index is 964. The first-order valence-corrected chi connectivity index (χ1v) is 8.61. The molecule has 0 aromatic carbocycles. The highest BCUT2D eigenvalue weighted by atomic mass is 16.2. The number of imidazole rings is 1. The molecule has 0 unspecified atom stereocenters. The van der Waals surface area contributed by atoms with E-state index in [1.54, 1.807) is 20.3 Å². The Hall–Kier alpha value is -2.63. The van der Waals surface area contributed by atoms with E-state index in [0.29, 0.717) is 11.1 Å². The fourth-order valence-electron chi connectivity index (χ4n) is 3.55. The molecule has 1 aliphatic carbocycles. The van der Waals surface area contributed by atoms with Crippen molar-refractivity contribution in [3.8, 4) is 11.3 Å². The van der Waals surface area contributed by atoms with Crippen molar-refractivity contribution in [2.75, 3.05) is 14.1 Å². The predicted octanol–water partition coefficient (Wildman–Crippen LogP) is 2.94. The first-order valence-electron chi connectivity index (χ1n) is 8.61. The number of carbonyl (C=O) groups is 1. The number of hydrogen-bond donors (Lipinski definition) is 1. The molecule has 0 saturated carbocycles. The first-order chi connectivity index (χ1) is 11.8. The summed E-state index contributed by atoms with van der Waals surface area (Å²) >= 11 is 0. The van der Waals surface area contributed by atoms with E-state index in [9.17, 15) is 4.79 Å². The smallest absolute Gasteiger partial charge is 0.273 e. The van der Waals surface area contributed by atoms with Crippen molar-refractivity contribution < 1.29 is 4.79 Å². The summed E-state index contributed by atoms with van der Waals surface area (Å²) in [4.78, 5) is 18.1. The molecule has 1 aliphatic rings. The summed E-state index contributed by atoms with van der Waals surface area (Å²) in [6, 6.07) is 3.97. The van der Waals surface area contributed by atoms with E-state index in [-0.39, 0.29) is 5.91 Å². The van der Waals surface area contributed by atoms with Gasteiger partial charge in [-0.25, -0.2) is 4.98 Å². The molecule has 1 amide bonds. The summed E-state index contributed by atoms with van der Waals surface area (Å²) in [6.45, 7) is 4.61. The average molecular weight is 337 g/mol. The van der Waals surface area contributed by atoms with Crippen molar-refractivity contribution in [3.05, 3.63) is 41.5 Å². The molecule has 25 heavy (non-hydrogen) atoms. The third-order valence-corrected chi connectivity index (χ3v) is 5.01. The van der Waals surface area contributed by atoms with Crippen molar-refractivity contribution in [3.63, 3.8) is 0 Å². The van der Waals surface area contributed by atoms with Crippen molar-refractivity contribution in [1.82, 2.24) is 24.5 Å². The Morgan fingerprint density at radius 1 is 1.28 bits per heavy atom. The van der Waals surface area contributed by atoms with Crippen LogP contribution in [0.1, 0.15) is 42.0 Å². The van der Waals surface area contributed by atoms with Gasteiger partial charge in [0.2, 0.25) is 0 Å². The van der Waals surface area contributed by atoms with Gasteiger partial charge in [-0.05, 0) is 36.8 Å². The number of amides is 1. The Morgan fingerprint density at radius 3 is 2.84 bits per heavy atom. The Morgan fingerprint density at radius 2 is 2.08 bits per heavy atom. The van der Waals surface area contributed by atoms with Crippen LogP contribution in [0.15, 0.2) is 24.5 Å². The molecule has 0 saturated heterocycles. The van der Waals surface area contributed by atoms with Gasteiger partial charge in [-0.1, -0.05) is 13.8 Å². The standard InChI is InChI=1S/C19H23N5O/c1-19(2)8-7-13-14(9-19)21-22-17(13)12-5-6-16-20-15(11-24(16)10-12)18(25)23(3)4/h5-6,10-11H,7-9H2,1-4H3,(H,21,22). The number of nitrogens with zero attached hydrogens (tertiary/aromatic N) is 4. The SMILES string of the molecule is CN(C)C(=O)c1cn2cc(-c3n[nH]c4c3CCC(C)(C)C4)ccc2n1. The highest BCUT2D eigenvalue weighted by Crippen LogP contribution is 2.37. The number of rotatable bonds is 2. The van der Waals surface area contributed by atoms with Crippen molar-refractivity contribution in [2.24, 2.45) is 5.41 Å². The molecular weight excluding hydrogens is 314 g/mol. The Balaban J connectivity index is 1.74. The molecule has 6 nitrogen and oxygen atoms in total. The second kappa shape index (κ2) is 5.44. The maximum Gasteiger partial charge on any atom is 0.273 e. The van der Waals surface area contributed by atoms with E-state index in [4.69, 9.17) is 0 Å². The summed E-state index contributed by atoms with van der Waals surface area (Å²) in [5.74, 6) is -0.0929. The third-order valence-electron chi connectivity index (χ3n) is 5.01. The minimum Gasteiger partial charge on any atom is -0.343 e. The van der Waals surface area contributed by atoms with Crippen LogP contribution in [0, 0.1) is 5.41 Å². The quantitative estimate of drug-likeness (QED) is 0.782. The number of H-pyrrole nitrogens is 1. The highest BCUT2D eigenvalue weighted by molar-refractivity contribution is 5.92. The van der Waals surface area contributed by atoms with Gasteiger partial charge >= 0.3 is 0 Å². The molecule has 4 rings (SSSR count). The number of nitrogens with one attached hydrogen (secondary N) is 1. The molecule has 0 spiro atoms. The van der Waals surface area contributed by atoms with Crippen molar-refractivity contribution in [2.45, 2.75) is 33.1 Å². The lowest BCUT2D eigenvalue weighted by Crippen LogP contribution is -2.21. The highest BCUT2D eigenvalue weighted by Gasteiger charge is 2.29. The third kappa shape index (κ3) is 2.71. The molecule has 1 N–H and O–H groups in total. The van der Waals surface area contributed by atoms with Crippen LogP contribution in [0.4, 0.5) is 0 Å². The number of carbonyl (C=O) groups excluding carboxylic acids is 1. The van der Waals surface area contributed by atoms with Gasteiger partial charge < -0.3 is 9.30 Å². The maximum atomic E-state index is 12.1. The normalized spacial score (nSPS) is 16.0. The van der Waals surface area contributed by atoms with Gasteiger partial charge in [0.05, 0.1) is 5.69 Å². The molecule has 0 bridgehead atoms. The molecule has 0 radical (unpaired) electrons. The van der Waals surface area contributed by atoms with Crippen molar-refractivity contribution >= 4 is 11.6 Å². The number of aromatic nitrogens is 4. The fourth-order valence-corrected chi connectivity index (χ4v) is 3.55. The van der Waals surface area contributed by atoms with Crippen LogP contribution in [0.3, 0.4) is 0 Å². The summed E-state index contributed by atoms with van der Waals surface area (Å²) in [5.41, 5.74) is 6.18. The summed E-state index contributed by atoms with van der Waals surface area (Å²) in [6.07, 6.45) is 7.03. The number of hydrogen-bond acceptors (Lipinski definition) is 3. The fraction of sp³-hybridized carbons (Fsp3) is 0.421. The zero-order valence-electron chi connectivity index (χ0n) is 15.1. The number of aromatic amines is 1. The van der Waals surface area contributed by atoms with Crippen LogP contribution in [0.2, 0.25) is 0 Å². The van der Waals surface area contributed by atoms with Crippen LogP contribution < -0.4 is 0 Å². The predicted molar refractivity (Wildman–Crippen MR) is 96.6 cm³/mol. The number of pyridine rings is 1. The Labute approximate surface area is 146 Å². The number of fused-ring (bicyclic) bond motifs is 2. The molecule has 3 aromatic heterocycles. The van der Waals surface area contributed by atoms with E-state index in [0.717, 1.165) is 29.7 Å². The molecular formula is C19H23N5O. The largest absolute Gasteiger partial charge is 0.343 e. The molecule has 6 heteroatoms. The van der Waals surface area contributed by atoms with Gasteiger partial charge in [0.25, 0.3) is 5.91 Å². The molecule has 3 aromatic rings. The lowest BCUT2D eigenvalue weighted by atomic mass is 9.76. The van der Waals surface area contributed by atoms with E-state index in [2.05, 4.69) is 29.0 Å². The molecule has 130 valence electrons. The van der Waals surface area contributed by atoms with E-state index in [1.807, 2.05) is 22.7 Å². The summed E-state index contributed by atoms with van der Waals surface area (Å²) < 4.78 is 1.90. The van der Waals surface area contributed by atoms with Crippen LogP contribution >= 0.6 is 0 Å². The molecule has 3 heterocycles. The first kappa shape index (κ1) is 15.9. The molecule has 0 fully saturated rings. The van der Waals surface area contributed by atoms with Gasteiger partial charge in [0.1, 0.15) is 11.3 Å².